The van der Waals surface area contributed by atoms with E-state index in [1.165, 1.54) is 17.2 Å². The Balaban J connectivity index is 2.29. The maximum absolute atomic E-state index is 12.7. The summed E-state index contributed by atoms with van der Waals surface area (Å²) in [4.78, 5) is 0. The van der Waals surface area contributed by atoms with Gasteiger partial charge in [0, 0.05) is 5.70 Å². The number of allylic oxidation sites excluding steroid dienone is 3. The number of hydroxylamine groups is 2. The Labute approximate surface area is 87.9 Å². The molecule has 3 heteroatoms. The van der Waals surface area contributed by atoms with Crippen molar-refractivity contribution in [3.05, 3.63) is 59.6 Å². The molecule has 1 aromatic rings. The molecule has 2 nitrogen and oxygen atoms in total. The molecule has 15 heavy (non-hydrogen) atoms. The van der Waals surface area contributed by atoms with Gasteiger partial charge in [-0.1, -0.05) is 24.3 Å². The first kappa shape index (κ1) is 9.93. The van der Waals surface area contributed by atoms with Crippen molar-refractivity contribution in [3.63, 3.8) is 0 Å². The van der Waals surface area contributed by atoms with Gasteiger partial charge in [-0.2, -0.15) is 0 Å². The van der Waals surface area contributed by atoms with Crippen LogP contribution < -0.4 is 0 Å². The topological polar surface area (TPSA) is 23.5 Å². The molecule has 0 aromatic heterocycles. The predicted octanol–water partition coefficient (Wildman–Crippen LogP) is 3.03. The zero-order valence-corrected chi connectivity index (χ0v) is 8.39. The van der Waals surface area contributed by atoms with Crippen LogP contribution in [0.25, 0.3) is 0 Å². The van der Waals surface area contributed by atoms with Gasteiger partial charge in [0.25, 0.3) is 0 Å². The summed E-state index contributed by atoms with van der Waals surface area (Å²) < 4.78 is 12.7. The molecule has 0 bridgehead atoms. The number of hydrogen-bond donors (Lipinski definition) is 1. The molecule has 1 unspecified atom stereocenters. The molecule has 1 aliphatic heterocycles. The van der Waals surface area contributed by atoms with Crippen LogP contribution in [0.5, 0.6) is 0 Å². The van der Waals surface area contributed by atoms with Gasteiger partial charge in [-0.3, -0.25) is 10.3 Å². The van der Waals surface area contributed by atoms with Crippen molar-refractivity contribution in [1.82, 2.24) is 5.06 Å². The van der Waals surface area contributed by atoms with Crippen molar-refractivity contribution in [2.24, 2.45) is 0 Å². The van der Waals surface area contributed by atoms with Crippen molar-refractivity contribution < 1.29 is 9.60 Å². The summed E-state index contributed by atoms with van der Waals surface area (Å²) in [6, 6.07) is 5.91. The molecule has 0 fully saturated rings. The second-order valence-electron chi connectivity index (χ2n) is 3.53. The van der Waals surface area contributed by atoms with E-state index >= 15 is 0 Å². The lowest BCUT2D eigenvalue weighted by Crippen LogP contribution is -2.23. The lowest BCUT2D eigenvalue weighted by molar-refractivity contribution is -0.0812. The zero-order valence-electron chi connectivity index (χ0n) is 8.39. The maximum Gasteiger partial charge on any atom is 0.123 e. The highest BCUT2D eigenvalue weighted by atomic mass is 19.1. The van der Waals surface area contributed by atoms with E-state index in [1.807, 2.05) is 25.2 Å². The minimum atomic E-state index is -0.268. The van der Waals surface area contributed by atoms with Crippen molar-refractivity contribution in [3.8, 4) is 0 Å². The Morgan fingerprint density at radius 2 is 1.93 bits per heavy atom. The predicted molar refractivity (Wildman–Crippen MR) is 55.7 cm³/mol. The van der Waals surface area contributed by atoms with Crippen LogP contribution in [0.4, 0.5) is 4.39 Å². The molecule has 0 saturated heterocycles. The van der Waals surface area contributed by atoms with Gasteiger partial charge in [0.05, 0.1) is 6.04 Å². The van der Waals surface area contributed by atoms with E-state index in [2.05, 4.69) is 0 Å². The summed E-state index contributed by atoms with van der Waals surface area (Å²) in [7, 11) is 0. The molecule has 1 heterocycles. The van der Waals surface area contributed by atoms with E-state index in [1.54, 1.807) is 12.1 Å². The monoisotopic (exact) mass is 205 g/mol. The number of rotatable bonds is 1. The van der Waals surface area contributed by atoms with Crippen LogP contribution in [0.2, 0.25) is 0 Å². The Bertz CT molecular complexity index is 408. The molecule has 1 N–H and O–H groups in total. The summed E-state index contributed by atoms with van der Waals surface area (Å²) in [5.41, 5.74) is 1.63. The van der Waals surface area contributed by atoms with Gasteiger partial charge in [-0.15, -0.1) is 0 Å². The standard InChI is InChI=1S/C12H12FNO/c1-9-3-2-4-12(14(9)15)10-5-7-11(13)8-6-10/h2-8,12,15H,1H3. The first-order valence-electron chi connectivity index (χ1n) is 4.77. The number of hydrogen-bond acceptors (Lipinski definition) is 2. The second-order valence-corrected chi connectivity index (χ2v) is 3.53. The van der Waals surface area contributed by atoms with Gasteiger partial charge in [-0.05, 0) is 30.7 Å². The van der Waals surface area contributed by atoms with Crippen LogP contribution in [-0.2, 0) is 0 Å². The molecule has 1 aromatic carbocycles. The Morgan fingerprint density at radius 1 is 1.27 bits per heavy atom. The Morgan fingerprint density at radius 3 is 2.60 bits per heavy atom. The summed E-state index contributed by atoms with van der Waals surface area (Å²) in [5, 5.41) is 11.0. The highest BCUT2D eigenvalue weighted by Crippen LogP contribution is 2.27. The highest BCUT2D eigenvalue weighted by Gasteiger charge is 2.18. The third kappa shape index (κ3) is 1.92. The quantitative estimate of drug-likeness (QED) is 0.761. The highest BCUT2D eigenvalue weighted by molar-refractivity contribution is 5.29. The van der Waals surface area contributed by atoms with Gasteiger partial charge >= 0.3 is 0 Å². The summed E-state index contributed by atoms with van der Waals surface area (Å²) in [6.07, 6.45) is 5.57. The van der Waals surface area contributed by atoms with Crippen LogP contribution in [0.15, 0.2) is 48.2 Å². The minimum absolute atomic E-state index is 0.226. The molecule has 2 rings (SSSR count). The molecule has 0 amide bonds. The zero-order chi connectivity index (χ0) is 10.8. The van der Waals surface area contributed by atoms with Crippen molar-refractivity contribution in [2.75, 3.05) is 0 Å². The van der Waals surface area contributed by atoms with Gasteiger partial charge in [0.1, 0.15) is 5.82 Å². The van der Waals surface area contributed by atoms with Gasteiger partial charge in [-0.25, -0.2) is 4.39 Å². The van der Waals surface area contributed by atoms with Gasteiger partial charge < -0.3 is 0 Å². The fourth-order valence-corrected chi connectivity index (χ4v) is 1.59. The lowest BCUT2D eigenvalue weighted by atomic mass is 10.0. The third-order valence-corrected chi connectivity index (χ3v) is 2.47. The van der Waals surface area contributed by atoms with E-state index in [0.29, 0.717) is 0 Å². The number of nitrogens with zero attached hydrogens (tertiary/aromatic N) is 1. The molecular weight excluding hydrogens is 193 g/mol. The smallest absolute Gasteiger partial charge is 0.123 e. The first-order chi connectivity index (χ1) is 7.18. The van der Waals surface area contributed by atoms with Crippen LogP contribution in [0.3, 0.4) is 0 Å². The molecule has 1 aliphatic rings. The number of benzene rings is 1. The molecule has 0 spiro atoms. The maximum atomic E-state index is 12.7. The third-order valence-electron chi connectivity index (χ3n) is 2.47. The van der Waals surface area contributed by atoms with Crippen LogP contribution in [0, 0.1) is 5.82 Å². The summed E-state index contributed by atoms with van der Waals surface area (Å²) in [6.45, 7) is 1.82. The molecular formula is C12H12FNO. The van der Waals surface area contributed by atoms with Crippen LogP contribution in [0.1, 0.15) is 18.5 Å². The molecule has 78 valence electrons. The molecule has 1 atom stereocenters. The largest absolute Gasteiger partial charge is 0.288 e. The van der Waals surface area contributed by atoms with E-state index in [0.717, 1.165) is 11.3 Å². The fourth-order valence-electron chi connectivity index (χ4n) is 1.59. The van der Waals surface area contributed by atoms with E-state index in [4.69, 9.17) is 0 Å². The average molecular weight is 205 g/mol. The minimum Gasteiger partial charge on any atom is -0.288 e. The van der Waals surface area contributed by atoms with Crippen molar-refractivity contribution in [2.45, 2.75) is 13.0 Å². The van der Waals surface area contributed by atoms with E-state index < -0.39 is 0 Å². The molecule has 0 aliphatic carbocycles. The van der Waals surface area contributed by atoms with Crippen LogP contribution in [-0.4, -0.2) is 10.3 Å². The summed E-state index contributed by atoms with van der Waals surface area (Å²) in [5.74, 6) is -0.268. The van der Waals surface area contributed by atoms with Gasteiger partial charge in [0.15, 0.2) is 0 Å². The van der Waals surface area contributed by atoms with E-state index in [9.17, 15) is 9.60 Å². The SMILES string of the molecule is CC1=CC=CC(c2ccc(F)cc2)N1O. The van der Waals surface area contributed by atoms with Crippen molar-refractivity contribution >= 4 is 0 Å². The normalized spacial score (nSPS) is 20.3. The van der Waals surface area contributed by atoms with E-state index in [-0.39, 0.29) is 11.9 Å². The number of halogens is 1. The Kier molecular flexibility index (Phi) is 2.56. The van der Waals surface area contributed by atoms with Crippen LogP contribution >= 0.6 is 0 Å². The second kappa shape index (κ2) is 3.87. The van der Waals surface area contributed by atoms with Gasteiger partial charge in [0.2, 0.25) is 0 Å². The Hall–Kier alpha value is -1.61. The molecule has 0 saturated carbocycles. The average Bonchev–Trinajstić information content (AvgIpc) is 2.24. The summed E-state index contributed by atoms with van der Waals surface area (Å²) >= 11 is 0. The fraction of sp³-hybridized carbons (Fsp3) is 0.167. The first-order valence-corrected chi connectivity index (χ1v) is 4.77. The van der Waals surface area contributed by atoms with Crippen molar-refractivity contribution in [1.29, 1.82) is 0 Å². The molecule has 0 radical (unpaired) electrons. The lowest BCUT2D eigenvalue weighted by Gasteiger charge is -2.28.